The third-order valence-electron chi connectivity index (χ3n) is 2.61. The highest BCUT2D eigenvalue weighted by Crippen LogP contribution is 2.19. The van der Waals surface area contributed by atoms with Gasteiger partial charge in [0, 0.05) is 17.6 Å². The molecule has 6 nitrogen and oxygen atoms in total. The maximum atomic E-state index is 13.5. The van der Waals surface area contributed by atoms with Gasteiger partial charge in [-0.2, -0.15) is 10.1 Å². The van der Waals surface area contributed by atoms with Crippen LogP contribution in [0.15, 0.2) is 30.7 Å². The Kier molecular flexibility index (Phi) is 2.82. The van der Waals surface area contributed by atoms with Crippen molar-refractivity contribution < 1.29 is 13.6 Å². The standard InChI is InChI=1S/C12H7F2N5O/c13-8-2-6-1-7(4-15-10(6)9(14)3-8)11(20)18-12-16-5-17-19-12/h1-5H,(H2,16,17,18,19,20). The second kappa shape index (κ2) is 4.65. The van der Waals surface area contributed by atoms with E-state index in [4.69, 9.17) is 0 Å². The number of nitrogens with one attached hydrogen (secondary N) is 2. The number of hydrogen-bond acceptors (Lipinski definition) is 4. The number of aromatic amines is 1. The van der Waals surface area contributed by atoms with Gasteiger partial charge in [0.1, 0.15) is 17.7 Å². The molecule has 8 heteroatoms. The maximum Gasteiger partial charge on any atom is 0.259 e. The monoisotopic (exact) mass is 275 g/mol. The summed E-state index contributed by atoms with van der Waals surface area (Å²) >= 11 is 0. The molecule has 0 atom stereocenters. The van der Waals surface area contributed by atoms with Crippen LogP contribution in [0.2, 0.25) is 0 Å². The van der Waals surface area contributed by atoms with Gasteiger partial charge in [-0.15, -0.1) is 0 Å². The number of hydrogen-bond donors (Lipinski definition) is 2. The summed E-state index contributed by atoms with van der Waals surface area (Å²) in [7, 11) is 0. The quantitative estimate of drug-likeness (QED) is 0.748. The molecule has 0 fully saturated rings. The van der Waals surface area contributed by atoms with E-state index in [9.17, 15) is 13.6 Å². The fourth-order valence-corrected chi connectivity index (χ4v) is 1.74. The minimum atomic E-state index is -0.776. The van der Waals surface area contributed by atoms with Crippen molar-refractivity contribution in [2.75, 3.05) is 5.32 Å². The molecule has 0 saturated carbocycles. The van der Waals surface area contributed by atoms with E-state index in [0.717, 1.165) is 12.1 Å². The van der Waals surface area contributed by atoms with E-state index in [2.05, 4.69) is 25.5 Å². The van der Waals surface area contributed by atoms with Gasteiger partial charge in [0.2, 0.25) is 5.95 Å². The van der Waals surface area contributed by atoms with Gasteiger partial charge in [0.15, 0.2) is 5.82 Å². The van der Waals surface area contributed by atoms with E-state index < -0.39 is 17.5 Å². The molecule has 0 radical (unpaired) electrons. The molecule has 0 spiro atoms. The van der Waals surface area contributed by atoms with E-state index in [0.29, 0.717) is 0 Å². The molecule has 100 valence electrons. The average Bonchev–Trinajstić information content (AvgIpc) is 2.90. The first-order valence-corrected chi connectivity index (χ1v) is 5.55. The molecule has 0 unspecified atom stereocenters. The van der Waals surface area contributed by atoms with Crippen LogP contribution in [0, 0.1) is 11.6 Å². The summed E-state index contributed by atoms with van der Waals surface area (Å²) in [6.45, 7) is 0. The van der Waals surface area contributed by atoms with E-state index in [1.165, 1.54) is 18.6 Å². The highest BCUT2D eigenvalue weighted by atomic mass is 19.1. The van der Waals surface area contributed by atoms with Gasteiger partial charge in [-0.25, -0.2) is 13.9 Å². The van der Waals surface area contributed by atoms with Crippen molar-refractivity contribution in [2.45, 2.75) is 0 Å². The van der Waals surface area contributed by atoms with Crippen molar-refractivity contribution in [3.8, 4) is 0 Å². The van der Waals surface area contributed by atoms with Crippen LogP contribution in [-0.4, -0.2) is 26.1 Å². The van der Waals surface area contributed by atoms with Gasteiger partial charge < -0.3 is 0 Å². The van der Waals surface area contributed by atoms with Gasteiger partial charge in [0.25, 0.3) is 5.91 Å². The first kappa shape index (κ1) is 12.2. The molecule has 1 aromatic carbocycles. The van der Waals surface area contributed by atoms with Crippen LogP contribution in [0.4, 0.5) is 14.7 Å². The number of nitrogens with zero attached hydrogens (tertiary/aromatic N) is 3. The lowest BCUT2D eigenvalue weighted by molar-refractivity contribution is 0.102. The molecular formula is C12H7F2N5O. The van der Waals surface area contributed by atoms with Crippen molar-refractivity contribution in [3.63, 3.8) is 0 Å². The van der Waals surface area contributed by atoms with Crippen LogP contribution >= 0.6 is 0 Å². The third-order valence-corrected chi connectivity index (χ3v) is 2.61. The maximum absolute atomic E-state index is 13.5. The van der Waals surface area contributed by atoms with Crippen molar-refractivity contribution in [2.24, 2.45) is 0 Å². The van der Waals surface area contributed by atoms with E-state index in [1.807, 2.05) is 0 Å². The number of anilines is 1. The van der Waals surface area contributed by atoms with Gasteiger partial charge in [-0.05, 0) is 12.1 Å². The Morgan fingerprint density at radius 1 is 1.20 bits per heavy atom. The Labute approximate surface area is 110 Å². The third kappa shape index (κ3) is 2.18. The summed E-state index contributed by atoms with van der Waals surface area (Å²) in [5, 5.41) is 8.67. The Balaban J connectivity index is 1.98. The number of benzene rings is 1. The van der Waals surface area contributed by atoms with Crippen LogP contribution in [0.25, 0.3) is 10.9 Å². The minimum Gasteiger partial charge on any atom is -0.291 e. The predicted molar refractivity (Wildman–Crippen MR) is 66.0 cm³/mol. The van der Waals surface area contributed by atoms with Crippen molar-refractivity contribution >= 4 is 22.8 Å². The smallest absolute Gasteiger partial charge is 0.259 e. The van der Waals surface area contributed by atoms with Crippen LogP contribution in [-0.2, 0) is 0 Å². The molecule has 20 heavy (non-hydrogen) atoms. The topological polar surface area (TPSA) is 83.6 Å². The largest absolute Gasteiger partial charge is 0.291 e. The normalized spacial score (nSPS) is 10.7. The van der Waals surface area contributed by atoms with E-state index in [-0.39, 0.29) is 22.4 Å². The molecule has 1 amide bonds. The molecule has 3 aromatic rings. The molecule has 0 aliphatic carbocycles. The Hall–Kier alpha value is -2.90. The number of carbonyl (C=O) groups excluding carboxylic acids is 1. The summed E-state index contributed by atoms with van der Waals surface area (Å²) < 4.78 is 26.6. The van der Waals surface area contributed by atoms with E-state index in [1.54, 1.807) is 0 Å². The van der Waals surface area contributed by atoms with Gasteiger partial charge in [0.05, 0.1) is 5.56 Å². The van der Waals surface area contributed by atoms with Crippen LogP contribution < -0.4 is 5.32 Å². The Morgan fingerprint density at radius 2 is 2.05 bits per heavy atom. The molecule has 2 aromatic heterocycles. The first-order chi connectivity index (χ1) is 9.63. The first-order valence-electron chi connectivity index (χ1n) is 5.55. The molecular weight excluding hydrogens is 268 g/mol. The summed E-state index contributed by atoms with van der Waals surface area (Å²) in [4.78, 5) is 19.5. The fraction of sp³-hybridized carbons (Fsp3) is 0. The zero-order chi connectivity index (χ0) is 14.1. The molecule has 2 N–H and O–H groups in total. The lowest BCUT2D eigenvalue weighted by Gasteiger charge is -2.04. The number of halogens is 2. The zero-order valence-corrected chi connectivity index (χ0v) is 9.89. The molecule has 0 aliphatic heterocycles. The van der Waals surface area contributed by atoms with Crippen LogP contribution in [0.5, 0.6) is 0 Å². The average molecular weight is 275 g/mol. The van der Waals surface area contributed by atoms with Gasteiger partial charge >= 0.3 is 0 Å². The fourth-order valence-electron chi connectivity index (χ4n) is 1.74. The van der Waals surface area contributed by atoms with Gasteiger partial charge in [-0.1, -0.05) is 0 Å². The van der Waals surface area contributed by atoms with Crippen LogP contribution in [0.3, 0.4) is 0 Å². The van der Waals surface area contributed by atoms with Crippen LogP contribution in [0.1, 0.15) is 10.4 Å². The molecule has 3 rings (SSSR count). The highest BCUT2D eigenvalue weighted by molar-refractivity contribution is 6.04. The minimum absolute atomic E-state index is 0.00242. The lowest BCUT2D eigenvalue weighted by atomic mass is 10.1. The molecule has 0 bridgehead atoms. The summed E-state index contributed by atoms with van der Waals surface area (Å²) in [6, 6.07) is 3.19. The SMILES string of the molecule is O=C(Nc1ncn[nH]1)c1cnc2c(F)cc(F)cc2c1. The second-order valence-electron chi connectivity index (χ2n) is 3.97. The van der Waals surface area contributed by atoms with Crippen molar-refractivity contribution in [1.29, 1.82) is 0 Å². The summed E-state index contributed by atoms with van der Waals surface area (Å²) in [5.41, 5.74) is 0.154. The number of rotatable bonds is 2. The second-order valence-corrected chi connectivity index (χ2v) is 3.97. The predicted octanol–water partition coefficient (Wildman–Crippen LogP) is 1.88. The number of carbonyl (C=O) groups is 1. The van der Waals surface area contributed by atoms with Crippen molar-refractivity contribution in [3.05, 3.63) is 47.9 Å². The number of aromatic nitrogens is 4. The highest BCUT2D eigenvalue weighted by Gasteiger charge is 2.11. The van der Waals surface area contributed by atoms with E-state index >= 15 is 0 Å². The zero-order valence-electron chi connectivity index (χ0n) is 9.89. The number of fused-ring (bicyclic) bond motifs is 1. The molecule has 0 saturated heterocycles. The Bertz CT molecular complexity index is 788. The summed E-state index contributed by atoms with van der Waals surface area (Å²) in [6.07, 6.45) is 2.44. The Morgan fingerprint density at radius 3 is 2.80 bits per heavy atom. The summed E-state index contributed by atoms with van der Waals surface area (Å²) in [5.74, 6) is -1.85. The molecule has 2 heterocycles. The number of H-pyrrole nitrogens is 1. The molecule has 0 aliphatic rings. The number of pyridine rings is 1. The lowest BCUT2D eigenvalue weighted by Crippen LogP contribution is -2.13. The van der Waals surface area contributed by atoms with Crippen molar-refractivity contribution in [1.82, 2.24) is 20.2 Å². The van der Waals surface area contributed by atoms with Gasteiger partial charge in [-0.3, -0.25) is 15.1 Å². The number of amides is 1.